The van der Waals surface area contributed by atoms with E-state index in [-0.39, 0.29) is 5.91 Å². The van der Waals surface area contributed by atoms with Crippen LogP contribution in [0.15, 0.2) is 23.6 Å². The van der Waals surface area contributed by atoms with Crippen LogP contribution in [0, 0.1) is 39.0 Å². The maximum Gasteiger partial charge on any atom is 0.266 e. The molecule has 0 radical (unpaired) electrons. The van der Waals surface area contributed by atoms with Gasteiger partial charge in [0.05, 0.1) is 10.5 Å². The summed E-state index contributed by atoms with van der Waals surface area (Å²) in [6.45, 7) is 12.1. The number of nitriles is 1. The first kappa shape index (κ1) is 19.6. The van der Waals surface area contributed by atoms with Crippen molar-refractivity contribution in [3.05, 3.63) is 56.6 Å². The Morgan fingerprint density at radius 1 is 1.33 bits per heavy atom. The molecular formula is C20H19N3OS3. The van der Waals surface area contributed by atoms with E-state index in [0.717, 1.165) is 32.4 Å². The Balaban J connectivity index is 2.07. The molecule has 0 aliphatic carbocycles. The molecule has 0 spiro atoms. The summed E-state index contributed by atoms with van der Waals surface area (Å²) in [5.74, 6) is -0.0878. The molecule has 0 saturated carbocycles. The van der Waals surface area contributed by atoms with Gasteiger partial charge in [-0.05, 0) is 51.0 Å². The summed E-state index contributed by atoms with van der Waals surface area (Å²) < 4.78 is 2.65. The molecule has 1 aliphatic rings. The third kappa shape index (κ3) is 3.29. The lowest BCUT2D eigenvalue weighted by molar-refractivity contribution is -0.121. The van der Waals surface area contributed by atoms with Crippen molar-refractivity contribution in [2.45, 2.75) is 27.7 Å². The van der Waals surface area contributed by atoms with E-state index in [2.05, 4.69) is 17.2 Å². The fourth-order valence-electron chi connectivity index (χ4n) is 3.07. The third-order valence-electron chi connectivity index (χ3n) is 4.62. The summed E-state index contributed by atoms with van der Waals surface area (Å²) in [6, 6.07) is 4.38. The Morgan fingerprint density at radius 3 is 2.67 bits per heavy atom. The second kappa shape index (κ2) is 7.47. The van der Waals surface area contributed by atoms with Crippen LogP contribution in [0.5, 0.6) is 0 Å². The van der Waals surface area contributed by atoms with Gasteiger partial charge in [-0.25, -0.2) is 0 Å². The molecule has 2 aromatic rings. The van der Waals surface area contributed by atoms with Crippen molar-refractivity contribution in [2.24, 2.45) is 0 Å². The summed E-state index contributed by atoms with van der Waals surface area (Å²) in [6.07, 6.45) is 3.56. The highest BCUT2D eigenvalue weighted by Gasteiger charge is 2.31. The maximum absolute atomic E-state index is 12.6. The minimum absolute atomic E-state index is 0.0878. The Morgan fingerprint density at radius 2 is 2.04 bits per heavy atom. The van der Waals surface area contributed by atoms with E-state index in [1.54, 1.807) is 22.3 Å². The third-order valence-corrected chi connectivity index (χ3v) is 7.19. The Kier molecular flexibility index (Phi) is 5.43. The number of rotatable bonds is 4. The van der Waals surface area contributed by atoms with E-state index in [4.69, 9.17) is 12.2 Å². The van der Waals surface area contributed by atoms with E-state index in [1.807, 2.05) is 39.8 Å². The Hall–Kier alpha value is -2.14. The van der Waals surface area contributed by atoms with Crippen molar-refractivity contribution in [3.8, 4) is 11.1 Å². The summed E-state index contributed by atoms with van der Waals surface area (Å²) >= 11 is 8.24. The van der Waals surface area contributed by atoms with Crippen LogP contribution >= 0.6 is 35.3 Å². The van der Waals surface area contributed by atoms with E-state index in [1.165, 1.54) is 11.8 Å². The van der Waals surface area contributed by atoms with Gasteiger partial charge in [0.2, 0.25) is 0 Å². The molecule has 138 valence electrons. The van der Waals surface area contributed by atoms with Gasteiger partial charge < -0.3 is 4.57 Å². The molecule has 0 aromatic carbocycles. The molecule has 1 saturated heterocycles. The van der Waals surface area contributed by atoms with Crippen LogP contribution in [-0.4, -0.2) is 26.2 Å². The number of aromatic nitrogens is 1. The second-order valence-corrected chi connectivity index (χ2v) is 9.20. The van der Waals surface area contributed by atoms with Crippen molar-refractivity contribution in [1.29, 1.82) is 5.26 Å². The molecule has 1 fully saturated rings. The Bertz CT molecular complexity index is 1050. The predicted octanol–water partition coefficient (Wildman–Crippen LogP) is 5.03. The number of thiophene rings is 1. The zero-order valence-corrected chi connectivity index (χ0v) is 18.1. The largest absolute Gasteiger partial charge is 0.308 e. The quantitative estimate of drug-likeness (QED) is 0.401. The van der Waals surface area contributed by atoms with E-state index in [0.29, 0.717) is 21.3 Å². The van der Waals surface area contributed by atoms with Crippen molar-refractivity contribution >= 4 is 51.6 Å². The summed E-state index contributed by atoms with van der Waals surface area (Å²) in [5, 5.41) is 10.5. The van der Waals surface area contributed by atoms with Crippen LogP contribution in [0.1, 0.15) is 33.0 Å². The highest BCUT2D eigenvalue weighted by Crippen LogP contribution is 2.36. The second-order valence-electron chi connectivity index (χ2n) is 6.32. The fourth-order valence-corrected chi connectivity index (χ4v) is 5.56. The highest BCUT2D eigenvalue weighted by atomic mass is 32.2. The SMILES string of the molecule is C=CCN1C(=O)/C(=C/c2cc(C)n(-c3sc(C)c(C)c3C#N)c2C)SC1=S. The van der Waals surface area contributed by atoms with Crippen molar-refractivity contribution in [1.82, 2.24) is 9.47 Å². The topological polar surface area (TPSA) is 49.0 Å². The van der Waals surface area contributed by atoms with Gasteiger partial charge in [0.1, 0.15) is 15.4 Å². The maximum atomic E-state index is 12.6. The number of hydrogen-bond donors (Lipinski definition) is 0. The van der Waals surface area contributed by atoms with E-state index in [9.17, 15) is 10.1 Å². The van der Waals surface area contributed by atoms with E-state index >= 15 is 0 Å². The molecule has 0 bridgehead atoms. The van der Waals surface area contributed by atoms with Crippen molar-refractivity contribution in [3.63, 3.8) is 0 Å². The highest BCUT2D eigenvalue weighted by molar-refractivity contribution is 8.26. The molecule has 7 heteroatoms. The first-order valence-corrected chi connectivity index (χ1v) is 10.4. The van der Waals surface area contributed by atoms with Crippen LogP contribution in [0.2, 0.25) is 0 Å². The molecule has 27 heavy (non-hydrogen) atoms. The number of thioether (sulfide) groups is 1. The molecule has 0 atom stereocenters. The molecule has 0 unspecified atom stereocenters. The molecule has 1 aliphatic heterocycles. The molecule has 0 N–H and O–H groups in total. The number of aryl methyl sites for hydroxylation is 2. The average molecular weight is 414 g/mol. The average Bonchev–Trinajstić information content (AvgIpc) is 3.16. The number of carbonyl (C=O) groups is 1. The van der Waals surface area contributed by atoms with Gasteiger partial charge in [-0.2, -0.15) is 5.26 Å². The molecule has 1 amide bonds. The zero-order valence-electron chi connectivity index (χ0n) is 15.6. The van der Waals surface area contributed by atoms with Gasteiger partial charge in [-0.3, -0.25) is 9.69 Å². The van der Waals surface area contributed by atoms with Gasteiger partial charge in [-0.1, -0.05) is 30.1 Å². The smallest absolute Gasteiger partial charge is 0.266 e. The van der Waals surface area contributed by atoms with Crippen LogP contribution in [-0.2, 0) is 4.79 Å². The van der Waals surface area contributed by atoms with Crippen LogP contribution in [0.3, 0.4) is 0 Å². The number of thiocarbonyl (C=S) groups is 1. The first-order valence-electron chi connectivity index (χ1n) is 8.35. The lowest BCUT2D eigenvalue weighted by Crippen LogP contribution is -2.27. The van der Waals surface area contributed by atoms with E-state index < -0.39 is 0 Å². The number of amides is 1. The molecule has 3 rings (SSSR count). The van der Waals surface area contributed by atoms with Crippen LogP contribution in [0.25, 0.3) is 11.1 Å². The van der Waals surface area contributed by atoms with Gasteiger partial charge in [0, 0.05) is 22.8 Å². The van der Waals surface area contributed by atoms with Crippen LogP contribution < -0.4 is 0 Å². The van der Waals surface area contributed by atoms with Crippen LogP contribution in [0.4, 0.5) is 0 Å². The monoisotopic (exact) mass is 413 g/mol. The number of nitrogens with zero attached hydrogens (tertiary/aromatic N) is 3. The zero-order chi connectivity index (χ0) is 19.9. The van der Waals surface area contributed by atoms with Gasteiger partial charge in [0.25, 0.3) is 5.91 Å². The van der Waals surface area contributed by atoms with Gasteiger partial charge in [0.15, 0.2) is 0 Å². The predicted molar refractivity (Wildman–Crippen MR) is 117 cm³/mol. The minimum atomic E-state index is -0.0878. The summed E-state index contributed by atoms with van der Waals surface area (Å²) in [5.41, 5.74) is 4.72. The number of hydrogen-bond acceptors (Lipinski definition) is 5. The lowest BCUT2D eigenvalue weighted by Gasteiger charge is -2.10. The molecule has 3 heterocycles. The molecular weight excluding hydrogens is 394 g/mol. The molecule has 4 nitrogen and oxygen atoms in total. The van der Waals surface area contributed by atoms with Crippen molar-refractivity contribution < 1.29 is 4.79 Å². The lowest BCUT2D eigenvalue weighted by atomic mass is 10.2. The fraction of sp³-hybridized carbons (Fsp3) is 0.250. The van der Waals surface area contributed by atoms with Gasteiger partial charge >= 0.3 is 0 Å². The van der Waals surface area contributed by atoms with Crippen molar-refractivity contribution in [2.75, 3.05) is 6.54 Å². The van der Waals surface area contributed by atoms with Gasteiger partial charge in [-0.15, -0.1) is 17.9 Å². The summed E-state index contributed by atoms with van der Waals surface area (Å²) in [7, 11) is 0. The Labute approximate surface area is 172 Å². The summed E-state index contributed by atoms with van der Waals surface area (Å²) in [4.78, 5) is 15.9. The minimum Gasteiger partial charge on any atom is -0.308 e. The molecule has 2 aromatic heterocycles. The normalized spacial score (nSPS) is 15.7. The standard InChI is InChI=1S/C20H19N3OS3/c1-6-7-22-18(24)17(27-20(22)25)9-15-8-11(2)23(13(15)4)19-16(10-21)12(3)14(5)26-19/h6,8-9H,1,7H2,2-5H3/b17-9-. The first-order chi connectivity index (χ1) is 12.8. The number of carbonyl (C=O) groups excluding carboxylic acids is 1.